The van der Waals surface area contributed by atoms with Crippen molar-refractivity contribution >= 4 is 5.78 Å². The third-order valence-electron chi connectivity index (χ3n) is 2.71. The van der Waals surface area contributed by atoms with Crippen LogP contribution in [0.15, 0.2) is 24.3 Å². The van der Waals surface area contributed by atoms with Gasteiger partial charge in [0.1, 0.15) is 11.5 Å². The van der Waals surface area contributed by atoms with Gasteiger partial charge >= 0.3 is 0 Å². The minimum absolute atomic E-state index is 0.171. The van der Waals surface area contributed by atoms with Crippen molar-refractivity contribution in [3.8, 4) is 5.75 Å². The van der Waals surface area contributed by atoms with Gasteiger partial charge in [0.05, 0.1) is 12.7 Å². The van der Waals surface area contributed by atoms with Crippen molar-refractivity contribution in [1.29, 1.82) is 0 Å². The lowest BCUT2D eigenvalue weighted by molar-refractivity contribution is -0.123. The lowest BCUT2D eigenvalue weighted by atomic mass is 9.97. The van der Waals surface area contributed by atoms with Crippen LogP contribution in [0.4, 0.5) is 0 Å². The molecular weight excluding hydrogens is 216 g/mol. The van der Waals surface area contributed by atoms with Gasteiger partial charge in [-0.1, -0.05) is 12.1 Å². The first-order valence-electron chi connectivity index (χ1n) is 5.66. The zero-order valence-electron chi connectivity index (χ0n) is 10.9. The van der Waals surface area contributed by atoms with Crippen molar-refractivity contribution in [2.24, 2.45) is 0 Å². The molecule has 0 aliphatic rings. The molecule has 0 heterocycles. The lowest BCUT2D eigenvalue weighted by Gasteiger charge is -2.21. The molecule has 0 fully saturated rings. The van der Waals surface area contributed by atoms with Gasteiger partial charge in [-0.05, 0) is 31.5 Å². The number of ketones is 1. The van der Waals surface area contributed by atoms with Crippen molar-refractivity contribution in [3.63, 3.8) is 0 Å². The van der Waals surface area contributed by atoms with E-state index in [0.29, 0.717) is 12.8 Å². The van der Waals surface area contributed by atoms with Crippen LogP contribution in [0.25, 0.3) is 0 Å². The molecule has 0 spiro atoms. The first-order valence-corrected chi connectivity index (χ1v) is 5.66. The lowest BCUT2D eigenvalue weighted by Crippen LogP contribution is -2.27. The third kappa shape index (κ3) is 4.57. The summed E-state index contributed by atoms with van der Waals surface area (Å²) in [6.45, 7) is 3.83. The van der Waals surface area contributed by atoms with Gasteiger partial charge in [-0.15, -0.1) is 0 Å². The van der Waals surface area contributed by atoms with Gasteiger partial charge in [0.15, 0.2) is 0 Å². The molecule has 0 amide bonds. The van der Waals surface area contributed by atoms with Crippen LogP contribution in [-0.2, 0) is 16.0 Å². The van der Waals surface area contributed by atoms with Gasteiger partial charge in [-0.2, -0.15) is 0 Å². The van der Waals surface area contributed by atoms with Crippen LogP contribution in [0, 0.1) is 0 Å². The Bertz CT molecular complexity index is 383. The molecule has 1 rings (SSSR count). The summed E-state index contributed by atoms with van der Waals surface area (Å²) in [6.07, 6.45) is 0.838. The van der Waals surface area contributed by atoms with E-state index in [9.17, 15) is 4.79 Å². The Labute approximate surface area is 103 Å². The first-order chi connectivity index (χ1) is 7.96. The molecule has 3 heteroatoms. The van der Waals surface area contributed by atoms with E-state index in [4.69, 9.17) is 9.47 Å². The molecule has 0 radical (unpaired) electrons. The summed E-state index contributed by atoms with van der Waals surface area (Å²) in [7, 11) is 3.24. The minimum Gasteiger partial charge on any atom is -0.497 e. The fraction of sp³-hybridized carbons (Fsp3) is 0.500. The largest absolute Gasteiger partial charge is 0.497 e. The summed E-state index contributed by atoms with van der Waals surface area (Å²) in [4.78, 5) is 11.9. The zero-order valence-corrected chi connectivity index (χ0v) is 10.9. The Balaban J connectivity index is 2.62. The Morgan fingerprint density at radius 3 is 2.59 bits per heavy atom. The molecular formula is C14H20O3. The highest BCUT2D eigenvalue weighted by Crippen LogP contribution is 2.17. The quantitative estimate of drug-likeness (QED) is 0.761. The second-order valence-electron chi connectivity index (χ2n) is 4.71. The van der Waals surface area contributed by atoms with Gasteiger partial charge in [0, 0.05) is 20.0 Å². The maximum atomic E-state index is 11.9. The molecule has 1 aromatic rings. The fourth-order valence-electron chi connectivity index (χ4n) is 1.62. The first kappa shape index (κ1) is 13.7. The normalized spacial score (nSPS) is 11.3. The molecule has 0 unspecified atom stereocenters. The molecule has 0 atom stereocenters. The van der Waals surface area contributed by atoms with Gasteiger partial charge in [0.2, 0.25) is 0 Å². The molecule has 1 aromatic carbocycles. The topological polar surface area (TPSA) is 35.5 Å². The van der Waals surface area contributed by atoms with Crippen LogP contribution in [0.2, 0.25) is 0 Å². The average Bonchev–Trinajstić information content (AvgIpc) is 2.28. The van der Waals surface area contributed by atoms with Crippen LogP contribution in [0.1, 0.15) is 25.8 Å². The molecule has 0 aliphatic heterocycles. The summed E-state index contributed by atoms with van der Waals surface area (Å²) in [5.74, 6) is 0.950. The second-order valence-corrected chi connectivity index (χ2v) is 4.71. The molecule has 3 nitrogen and oxygen atoms in total. The van der Waals surface area contributed by atoms with Crippen LogP contribution in [0.3, 0.4) is 0 Å². The van der Waals surface area contributed by atoms with Crippen molar-refractivity contribution in [3.05, 3.63) is 29.8 Å². The highest BCUT2D eigenvalue weighted by Gasteiger charge is 2.20. The SMILES string of the molecule is COc1cccc(CC(=O)CC(C)(C)OC)c1. The number of methoxy groups -OCH3 is 2. The van der Waals surface area contributed by atoms with Crippen LogP contribution in [-0.4, -0.2) is 25.6 Å². The maximum Gasteiger partial charge on any atom is 0.140 e. The highest BCUT2D eigenvalue weighted by molar-refractivity contribution is 5.81. The van der Waals surface area contributed by atoms with E-state index in [1.54, 1.807) is 14.2 Å². The smallest absolute Gasteiger partial charge is 0.140 e. The van der Waals surface area contributed by atoms with Crippen LogP contribution in [0.5, 0.6) is 5.75 Å². The predicted molar refractivity (Wildman–Crippen MR) is 67.4 cm³/mol. The number of carbonyl (C=O) groups excluding carboxylic acids is 1. The average molecular weight is 236 g/mol. The number of benzene rings is 1. The van der Waals surface area contributed by atoms with Crippen molar-refractivity contribution in [1.82, 2.24) is 0 Å². The summed E-state index contributed by atoms with van der Waals surface area (Å²) in [6, 6.07) is 7.58. The van der Waals surface area contributed by atoms with Crippen molar-refractivity contribution < 1.29 is 14.3 Å². The summed E-state index contributed by atoms with van der Waals surface area (Å²) < 4.78 is 10.4. The van der Waals surface area contributed by atoms with E-state index < -0.39 is 5.60 Å². The molecule has 0 saturated carbocycles. The van der Waals surface area contributed by atoms with E-state index >= 15 is 0 Å². The summed E-state index contributed by atoms with van der Waals surface area (Å²) in [5, 5.41) is 0. The van der Waals surface area contributed by atoms with Crippen LogP contribution < -0.4 is 4.74 Å². The summed E-state index contributed by atoms with van der Waals surface area (Å²) in [5.41, 5.74) is 0.580. The van der Waals surface area contributed by atoms with E-state index in [1.807, 2.05) is 38.1 Å². The number of hydrogen-bond acceptors (Lipinski definition) is 3. The van der Waals surface area contributed by atoms with Gasteiger partial charge in [-0.3, -0.25) is 4.79 Å². The fourth-order valence-corrected chi connectivity index (χ4v) is 1.62. The van der Waals surface area contributed by atoms with E-state index in [-0.39, 0.29) is 5.78 Å². The third-order valence-corrected chi connectivity index (χ3v) is 2.71. The number of hydrogen-bond donors (Lipinski definition) is 0. The van der Waals surface area contributed by atoms with E-state index in [0.717, 1.165) is 11.3 Å². The number of Topliss-reactive ketones (excluding diaryl/α,β-unsaturated/α-hetero) is 1. The molecule has 0 aliphatic carbocycles. The molecule has 0 bridgehead atoms. The Hall–Kier alpha value is -1.35. The monoisotopic (exact) mass is 236 g/mol. The Kier molecular flexibility index (Phi) is 4.70. The minimum atomic E-state index is -0.393. The van der Waals surface area contributed by atoms with E-state index in [1.165, 1.54) is 0 Å². The van der Waals surface area contributed by atoms with Crippen molar-refractivity contribution in [2.45, 2.75) is 32.3 Å². The summed E-state index contributed by atoms with van der Waals surface area (Å²) >= 11 is 0. The standard InChI is InChI=1S/C14H20O3/c1-14(2,17-4)10-12(15)8-11-6-5-7-13(9-11)16-3/h5-7,9H,8,10H2,1-4H3. The Morgan fingerprint density at radius 2 is 2.00 bits per heavy atom. The highest BCUT2D eigenvalue weighted by atomic mass is 16.5. The van der Waals surface area contributed by atoms with Gasteiger partial charge in [-0.25, -0.2) is 0 Å². The Morgan fingerprint density at radius 1 is 1.29 bits per heavy atom. The predicted octanol–water partition coefficient (Wildman–Crippen LogP) is 2.62. The molecule has 0 aromatic heterocycles. The molecule has 17 heavy (non-hydrogen) atoms. The van der Waals surface area contributed by atoms with Gasteiger partial charge in [0.25, 0.3) is 0 Å². The second kappa shape index (κ2) is 5.82. The van der Waals surface area contributed by atoms with Gasteiger partial charge < -0.3 is 9.47 Å². The maximum absolute atomic E-state index is 11.9. The van der Waals surface area contributed by atoms with Crippen molar-refractivity contribution in [2.75, 3.05) is 14.2 Å². The van der Waals surface area contributed by atoms with E-state index in [2.05, 4.69) is 0 Å². The molecule has 0 saturated heterocycles. The molecule has 0 N–H and O–H groups in total. The zero-order chi connectivity index (χ0) is 12.9. The molecule has 94 valence electrons. The number of ether oxygens (including phenoxy) is 2. The van der Waals surface area contributed by atoms with Crippen LogP contribution >= 0.6 is 0 Å². The number of rotatable bonds is 6. The number of carbonyl (C=O) groups is 1.